The smallest absolute Gasteiger partial charge is 0.194 e. The molecule has 0 aromatic carbocycles. The molecule has 1 aromatic heterocycles. The molecule has 0 bridgehead atoms. The first kappa shape index (κ1) is 9.71. The number of hydrogen-bond acceptors (Lipinski definition) is 3. The van der Waals surface area contributed by atoms with Crippen LogP contribution < -0.4 is 0 Å². The number of nitrogens with zero attached hydrogens (tertiary/aromatic N) is 2. The Kier molecular flexibility index (Phi) is 2.14. The molecule has 2 rings (SSSR count). The topological polar surface area (TPSA) is 52.0 Å². The molecule has 1 aromatic rings. The standard InChI is InChI=1S/C9H14N2O2S/c1-7-9(14(2,12)13)10-6-11(7)5-8-3-4-8/h6,8H,3-5H2,1-2H3. The van der Waals surface area contributed by atoms with Gasteiger partial charge in [-0.3, -0.25) is 0 Å². The minimum atomic E-state index is -3.16. The molecular weight excluding hydrogens is 200 g/mol. The Morgan fingerprint density at radius 3 is 2.64 bits per heavy atom. The van der Waals surface area contributed by atoms with Gasteiger partial charge in [0.15, 0.2) is 14.9 Å². The SMILES string of the molecule is Cc1c(S(C)(=O)=O)ncn1CC1CC1. The fraction of sp³-hybridized carbons (Fsp3) is 0.667. The number of aromatic nitrogens is 2. The van der Waals surface area contributed by atoms with Crippen LogP contribution in [-0.2, 0) is 16.4 Å². The second-order valence-corrected chi connectivity index (χ2v) is 5.93. The summed E-state index contributed by atoms with van der Waals surface area (Å²) in [6.45, 7) is 2.72. The van der Waals surface area contributed by atoms with E-state index in [9.17, 15) is 8.42 Å². The summed E-state index contributed by atoms with van der Waals surface area (Å²) >= 11 is 0. The largest absolute Gasteiger partial charge is 0.333 e. The Hall–Kier alpha value is -0.840. The number of sulfone groups is 1. The van der Waals surface area contributed by atoms with Gasteiger partial charge in [-0.1, -0.05) is 0 Å². The Labute approximate surface area is 83.9 Å². The lowest BCUT2D eigenvalue weighted by atomic mass is 10.4. The molecule has 1 aliphatic rings. The van der Waals surface area contributed by atoms with Crippen LogP contribution in [0.5, 0.6) is 0 Å². The second-order valence-electron chi connectivity index (χ2n) is 4.00. The first-order valence-corrected chi connectivity index (χ1v) is 6.59. The summed E-state index contributed by atoms with van der Waals surface area (Å²) in [7, 11) is -3.16. The monoisotopic (exact) mass is 214 g/mol. The van der Waals surface area contributed by atoms with E-state index in [1.807, 2.05) is 11.5 Å². The third-order valence-electron chi connectivity index (χ3n) is 2.56. The predicted octanol–water partition coefficient (Wildman–Crippen LogP) is 1.01. The van der Waals surface area contributed by atoms with Gasteiger partial charge in [-0.2, -0.15) is 0 Å². The quantitative estimate of drug-likeness (QED) is 0.754. The molecular formula is C9H14N2O2S. The van der Waals surface area contributed by atoms with Gasteiger partial charge < -0.3 is 4.57 Å². The van der Waals surface area contributed by atoms with Gasteiger partial charge in [-0.25, -0.2) is 13.4 Å². The van der Waals surface area contributed by atoms with Crippen molar-refractivity contribution >= 4 is 9.84 Å². The van der Waals surface area contributed by atoms with Gasteiger partial charge in [0.2, 0.25) is 0 Å². The van der Waals surface area contributed by atoms with Crippen molar-refractivity contribution < 1.29 is 8.42 Å². The van der Waals surface area contributed by atoms with Gasteiger partial charge in [0.05, 0.1) is 12.0 Å². The summed E-state index contributed by atoms with van der Waals surface area (Å²) < 4.78 is 24.5. The molecule has 1 aliphatic carbocycles. The zero-order valence-electron chi connectivity index (χ0n) is 8.40. The molecule has 0 aliphatic heterocycles. The van der Waals surface area contributed by atoms with E-state index in [-0.39, 0.29) is 5.03 Å². The van der Waals surface area contributed by atoms with Crippen molar-refractivity contribution in [1.82, 2.24) is 9.55 Å². The molecule has 0 saturated heterocycles. The number of hydrogen-bond donors (Lipinski definition) is 0. The molecule has 0 N–H and O–H groups in total. The highest BCUT2D eigenvalue weighted by atomic mass is 32.2. The summed E-state index contributed by atoms with van der Waals surface area (Å²) in [5.74, 6) is 0.732. The zero-order valence-corrected chi connectivity index (χ0v) is 9.21. The zero-order chi connectivity index (χ0) is 10.3. The number of imidazole rings is 1. The molecule has 1 fully saturated rings. The average Bonchev–Trinajstić information content (AvgIpc) is 2.76. The van der Waals surface area contributed by atoms with Crippen molar-refractivity contribution in [3.63, 3.8) is 0 Å². The first-order valence-electron chi connectivity index (χ1n) is 4.70. The summed E-state index contributed by atoms with van der Waals surface area (Å²) in [6.07, 6.45) is 5.34. The third kappa shape index (κ3) is 1.82. The minimum Gasteiger partial charge on any atom is -0.333 e. The van der Waals surface area contributed by atoms with E-state index in [0.29, 0.717) is 0 Å². The lowest BCUT2D eigenvalue weighted by molar-refractivity contribution is 0.593. The summed E-state index contributed by atoms with van der Waals surface area (Å²) in [5, 5.41) is 0.221. The van der Waals surface area contributed by atoms with E-state index in [4.69, 9.17) is 0 Å². The van der Waals surface area contributed by atoms with Crippen LogP contribution in [0.4, 0.5) is 0 Å². The maximum atomic E-state index is 11.3. The van der Waals surface area contributed by atoms with Gasteiger partial charge in [-0.05, 0) is 25.7 Å². The Balaban J connectivity index is 2.31. The Morgan fingerprint density at radius 1 is 1.57 bits per heavy atom. The van der Waals surface area contributed by atoms with Crippen LogP contribution in [0, 0.1) is 12.8 Å². The third-order valence-corrected chi connectivity index (χ3v) is 3.66. The molecule has 4 nitrogen and oxygen atoms in total. The average molecular weight is 214 g/mol. The van der Waals surface area contributed by atoms with Crippen LogP contribution in [0.25, 0.3) is 0 Å². The van der Waals surface area contributed by atoms with Crippen LogP contribution >= 0.6 is 0 Å². The van der Waals surface area contributed by atoms with Crippen molar-refractivity contribution in [2.24, 2.45) is 5.92 Å². The Morgan fingerprint density at radius 2 is 2.21 bits per heavy atom. The van der Waals surface area contributed by atoms with Crippen molar-refractivity contribution in [3.8, 4) is 0 Å². The lowest BCUT2D eigenvalue weighted by Crippen LogP contribution is -2.04. The van der Waals surface area contributed by atoms with E-state index < -0.39 is 9.84 Å². The van der Waals surface area contributed by atoms with Gasteiger partial charge in [0.25, 0.3) is 0 Å². The molecule has 0 atom stereocenters. The molecule has 14 heavy (non-hydrogen) atoms. The molecule has 5 heteroatoms. The van der Waals surface area contributed by atoms with Crippen LogP contribution in [0.1, 0.15) is 18.5 Å². The fourth-order valence-corrected chi connectivity index (χ4v) is 2.44. The fourth-order valence-electron chi connectivity index (χ4n) is 1.55. The molecule has 1 heterocycles. The molecule has 0 amide bonds. The predicted molar refractivity (Wildman–Crippen MR) is 52.8 cm³/mol. The highest BCUT2D eigenvalue weighted by Gasteiger charge is 2.24. The van der Waals surface area contributed by atoms with Crippen LogP contribution in [-0.4, -0.2) is 24.2 Å². The van der Waals surface area contributed by atoms with E-state index in [1.165, 1.54) is 19.1 Å². The van der Waals surface area contributed by atoms with E-state index in [1.54, 1.807) is 6.33 Å². The lowest BCUT2D eigenvalue weighted by Gasteiger charge is -2.03. The maximum Gasteiger partial charge on any atom is 0.194 e. The van der Waals surface area contributed by atoms with Gasteiger partial charge in [-0.15, -0.1) is 0 Å². The normalized spacial score (nSPS) is 17.3. The van der Waals surface area contributed by atoms with Gasteiger partial charge in [0.1, 0.15) is 0 Å². The summed E-state index contributed by atoms with van der Waals surface area (Å²) in [6, 6.07) is 0. The molecule has 0 unspecified atom stereocenters. The van der Waals surface area contributed by atoms with Crippen molar-refractivity contribution in [1.29, 1.82) is 0 Å². The number of rotatable bonds is 3. The van der Waals surface area contributed by atoms with Gasteiger partial charge in [0, 0.05) is 12.8 Å². The molecule has 1 saturated carbocycles. The van der Waals surface area contributed by atoms with Crippen molar-refractivity contribution in [2.75, 3.05) is 6.26 Å². The molecule has 78 valence electrons. The van der Waals surface area contributed by atoms with Crippen molar-refractivity contribution in [2.45, 2.75) is 31.3 Å². The van der Waals surface area contributed by atoms with Crippen LogP contribution in [0.2, 0.25) is 0 Å². The summed E-state index contributed by atoms with van der Waals surface area (Å²) in [4.78, 5) is 3.94. The second kappa shape index (κ2) is 3.08. The highest BCUT2D eigenvalue weighted by molar-refractivity contribution is 7.90. The van der Waals surface area contributed by atoms with E-state index in [0.717, 1.165) is 18.2 Å². The first-order chi connectivity index (χ1) is 6.48. The van der Waals surface area contributed by atoms with Crippen molar-refractivity contribution in [3.05, 3.63) is 12.0 Å². The van der Waals surface area contributed by atoms with E-state index in [2.05, 4.69) is 4.98 Å². The van der Waals surface area contributed by atoms with E-state index >= 15 is 0 Å². The maximum absolute atomic E-state index is 11.3. The Bertz CT molecular complexity index is 443. The molecule has 0 spiro atoms. The minimum absolute atomic E-state index is 0.221. The van der Waals surface area contributed by atoms with Gasteiger partial charge >= 0.3 is 0 Å². The molecule has 0 radical (unpaired) electrons. The summed E-state index contributed by atoms with van der Waals surface area (Å²) in [5.41, 5.74) is 0.763. The van der Waals surface area contributed by atoms with Crippen LogP contribution in [0.15, 0.2) is 11.4 Å². The highest BCUT2D eigenvalue weighted by Crippen LogP contribution is 2.31. The van der Waals surface area contributed by atoms with Crippen LogP contribution in [0.3, 0.4) is 0 Å².